The van der Waals surface area contributed by atoms with Crippen molar-refractivity contribution in [3.05, 3.63) is 95.6 Å². The summed E-state index contributed by atoms with van der Waals surface area (Å²) in [5.41, 5.74) is 8.69. The van der Waals surface area contributed by atoms with Crippen LogP contribution in [0, 0.1) is 5.82 Å². The van der Waals surface area contributed by atoms with Crippen LogP contribution in [0.2, 0.25) is 0 Å². The number of pyridine rings is 1. The molecule has 3 aromatic rings. The number of carbonyl (C=O) groups is 2. The first-order valence-electron chi connectivity index (χ1n) is 13.7. The fraction of sp³-hybridized carbons (Fsp3) is 0.367. The van der Waals surface area contributed by atoms with Crippen LogP contribution in [0.4, 0.5) is 28.0 Å². The van der Waals surface area contributed by atoms with Crippen molar-refractivity contribution in [2.45, 2.75) is 43.1 Å². The normalized spacial score (nSPS) is 17.7. The van der Waals surface area contributed by atoms with Gasteiger partial charge in [-0.05, 0) is 24.0 Å². The van der Waals surface area contributed by atoms with Crippen molar-refractivity contribution in [1.29, 1.82) is 0 Å². The van der Waals surface area contributed by atoms with Crippen molar-refractivity contribution in [3.8, 4) is 0 Å². The Morgan fingerprint density at radius 2 is 1.72 bits per heavy atom. The van der Waals surface area contributed by atoms with E-state index in [4.69, 9.17) is 15.2 Å². The zero-order valence-corrected chi connectivity index (χ0v) is 23.1. The molecule has 1 aromatic heterocycles. The SMILES string of the molecule is N[C@H](C(=O)Nc1cncc(F)c1CC[C@@H]1CN[C@H](COC(=O)NCC(F)(F)F)CO1)C(c1ccccc1)c1ccccc1. The number of carbonyl (C=O) groups excluding carboxylic acids is 2. The Morgan fingerprint density at radius 1 is 1.07 bits per heavy atom. The summed E-state index contributed by atoms with van der Waals surface area (Å²) in [5, 5.41) is 7.50. The summed E-state index contributed by atoms with van der Waals surface area (Å²) in [6, 6.07) is 17.4. The standard InChI is InChI=1S/C30H33F4N5O4/c31-24-14-36-15-25(39-28(40)27(35)26(19-7-3-1-4-8-19)20-9-5-2-6-10-20)23(24)12-11-22-13-37-21(16-42-22)17-43-29(41)38-18-30(32,33)34/h1-10,14-15,21-22,26-27,37H,11-13,16-18,35H2,(H,38,41)(H,39,40)/t21-,22+,27-/m0/s1. The number of rotatable bonds is 11. The number of halogens is 4. The summed E-state index contributed by atoms with van der Waals surface area (Å²) >= 11 is 0. The highest BCUT2D eigenvalue weighted by atomic mass is 19.4. The number of amides is 2. The fourth-order valence-electron chi connectivity index (χ4n) is 4.78. The summed E-state index contributed by atoms with van der Waals surface area (Å²) < 4.78 is 62.1. The molecule has 1 aliphatic rings. The van der Waals surface area contributed by atoms with E-state index >= 15 is 0 Å². The van der Waals surface area contributed by atoms with Gasteiger partial charge in [0, 0.05) is 18.0 Å². The van der Waals surface area contributed by atoms with Crippen LogP contribution < -0.4 is 21.7 Å². The lowest BCUT2D eigenvalue weighted by molar-refractivity contribution is -0.124. The second-order valence-corrected chi connectivity index (χ2v) is 10.1. The summed E-state index contributed by atoms with van der Waals surface area (Å²) in [4.78, 5) is 28.7. The van der Waals surface area contributed by atoms with E-state index < -0.39 is 48.5 Å². The molecular weight excluding hydrogens is 570 g/mol. The van der Waals surface area contributed by atoms with Gasteiger partial charge >= 0.3 is 12.3 Å². The van der Waals surface area contributed by atoms with E-state index in [-0.39, 0.29) is 37.0 Å². The highest BCUT2D eigenvalue weighted by Gasteiger charge is 2.30. The van der Waals surface area contributed by atoms with Crippen molar-refractivity contribution < 1.29 is 36.6 Å². The minimum Gasteiger partial charge on any atom is -0.448 e. The van der Waals surface area contributed by atoms with E-state index in [1.807, 2.05) is 60.7 Å². The number of anilines is 1. The number of hydrogen-bond donors (Lipinski definition) is 4. The van der Waals surface area contributed by atoms with Gasteiger partial charge in [-0.3, -0.25) is 9.78 Å². The Kier molecular flexibility index (Phi) is 11.0. The number of aromatic nitrogens is 1. The van der Waals surface area contributed by atoms with Crippen LogP contribution in [-0.4, -0.2) is 67.7 Å². The maximum Gasteiger partial charge on any atom is 0.407 e. The van der Waals surface area contributed by atoms with E-state index in [9.17, 15) is 27.2 Å². The van der Waals surface area contributed by atoms with Crippen LogP contribution >= 0.6 is 0 Å². The summed E-state index contributed by atoms with van der Waals surface area (Å²) in [6.45, 7) is -1.19. The number of nitrogens with one attached hydrogen (secondary N) is 3. The molecule has 3 atom stereocenters. The van der Waals surface area contributed by atoms with Crippen LogP contribution in [0.1, 0.15) is 29.0 Å². The quantitative estimate of drug-likeness (QED) is 0.245. The number of ether oxygens (including phenoxy) is 2. The number of nitrogens with two attached hydrogens (primary N) is 1. The summed E-state index contributed by atoms with van der Waals surface area (Å²) in [5.74, 6) is -1.53. The average Bonchev–Trinajstić information content (AvgIpc) is 3.00. The molecule has 4 rings (SSSR count). The molecule has 0 bridgehead atoms. The van der Waals surface area contributed by atoms with Gasteiger partial charge in [-0.1, -0.05) is 60.7 Å². The molecule has 0 unspecified atom stereocenters. The lowest BCUT2D eigenvalue weighted by Crippen LogP contribution is -2.49. The molecule has 43 heavy (non-hydrogen) atoms. The van der Waals surface area contributed by atoms with Gasteiger partial charge in [-0.25, -0.2) is 9.18 Å². The molecule has 2 heterocycles. The molecule has 1 fully saturated rings. The van der Waals surface area contributed by atoms with Gasteiger partial charge in [0.15, 0.2) is 0 Å². The maximum atomic E-state index is 14.9. The Bertz CT molecular complexity index is 1300. The van der Waals surface area contributed by atoms with Gasteiger partial charge in [0.25, 0.3) is 0 Å². The second kappa shape index (κ2) is 14.9. The molecule has 1 saturated heterocycles. The van der Waals surface area contributed by atoms with Crippen molar-refractivity contribution in [1.82, 2.24) is 15.6 Å². The molecule has 0 aliphatic carbocycles. The predicted molar refractivity (Wildman–Crippen MR) is 151 cm³/mol. The fourth-order valence-corrected chi connectivity index (χ4v) is 4.78. The van der Waals surface area contributed by atoms with Gasteiger partial charge in [-0.2, -0.15) is 13.2 Å². The lowest BCUT2D eigenvalue weighted by Gasteiger charge is -2.30. The Labute approximate surface area is 246 Å². The largest absolute Gasteiger partial charge is 0.448 e. The molecule has 5 N–H and O–H groups in total. The van der Waals surface area contributed by atoms with Crippen molar-refractivity contribution in [2.24, 2.45) is 5.73 Å². The molecule has 0 spiro atoms. The molecular formula is C30H33F4N5O4. The highest BCUT2D eigenvalue weighted by molar-refractivity contribution is 5.96. The van der Waals surface area contributed by atoms with Gasteiger partial charge in [0.05, 0.1) is 42.9 Å². The average molecular weight is 604 g/mol. The molecule has 230 valence electrons. The minimum atomic E-state index is -4.53. The van der Waals surface area contributed by atoms with Crippen LogP contribution in [0.5, 0.6) is 0 Å². The Morgan fingerprint density at radius 3 is 2.30 bits per heavy atom. The highest BCUT2D eigenvalue weighted by Crippen LogP contribution is 2.29. The number of hydrogen-bond acceptors (Lipinski definition) is 7. The Hall–Kier alpha value is -4.07. The molecule has 2 aromatic carbocycles. The molecule has 0 saturated carbocycles. The van der Waals surface area contributed by atoms with E-state index in [0.29, 0.717) is 13.0 Å². The summed E-state index contributed by atoms with van der Waals surface area (Å²) in [6.07, 6.45) is -2.99. The van der Waals surface area contributed by atoms with Gasteiger partial charge in [-0.15, -0.1) is 0 Å². The zero-order chi connectivity index (χ0) is 30.8. The number of benzene rings is 2. The van der Waals surface area contributed by atoms with E-state index in [1.54, 1.807) is 5.32 Å². The van der Waals surface area contributed by atoms with Gasteiger partial charge < -0.3 is 31.2 Å². The topological polar surface area (TPSA) is 128 Å². The first-order valence-corrected chi connectivity index (χ1v) is 13.7. The van der Waals surface area contributed by atoms with Crippen LogP contribution in [0.25, 0.3) is 0 Å². The second-order valence-electron chi connectivity index (χ2n) is 10.1. The maximum absolute atomic E-state index is 14.9. The number of morpholine rings is 1. The smallest absolute Gasteiger partial charge is 0.407 e. The van der Waals surface area contributed by atoms with Crippen LogP contribution in [0.15, 0.2) is 73.1 Å². The number of alkyl carbamates (subject to hydrolysis) is 1. The van der Waals surface area contributed by atoms with Crippen molar-refractivity contribution in [2.75, 3.05) is 31.6 Å². The Balaban J connectivity index is 1.32. The number of alkyl halides is 3. The van der Waals surface area contributed by atoms with E-state index in [0.717, 1.165) is 17.3 Å². The van der Waals surface area contributed by atoms with Crippen molar-refractivity contribution in [3.63, 3.8) is 0 Å². The lowest BCUT2D eigenvalue weighted by atomic mass is 9.85. The van der Waals surface area contributed by atoms with Crippen LogP contribution in [0.3, 0.4) is 0 Å². The predicted octanol–water partition coefficient (Wildman–Crippen LogP) is 3.90. The minimum absolute atomic E-state index is 0.134. The summed E-state index contributed by atoms with van der Waals surface area (Å²) in [7, 11) is 0. The molecule has 13 heteroatoms. The third-order valence-electron chi connectivity index (χ3n) is 6.97. The van der Waals surface area contributed by atoms with Crippen LogP contribution in [-0.2, 0) is 20.7 Å². The van der Waals surface area contributed by atoms with E-state index in [1.165, 1.54) is 6.20 Å². The molecule has 9 nitrogen and oxygen atoms in total. The first-order chi connectivity index (χ1) is 20.6. The molecule has 2 amide bonds. The third kappa shape index (κ3) is 9.46. The van der Waals surface area contributed by atoms with Gasteiger partial charge in [0.2, 0.25) is 5.91 Å². The first kappa shape index (κ1) is 31.9. The van der Waals surface area contributed by atoms with Gasteiger partial charge in [0.1, 0.15) is 19.0 Å². The molecule has 1 aliphatic heterocycles. The zero-order valence-electron chi connectivity index (χ0n) is 23.1. The number of nitrogens with zero attached hydrogens (tertiary/aromatic N) is 1. The molecule has 0 radical (unpaired) electrons. The van der Waals surface area contributed by atoms with Crippen molar-refractivity contribution >= 4 is 17.7 Å². The monoisotopic (exact) mass is 603 g/mol. The van der Waals surface area contributed by atoms with E-state index in [2.05, 4.69) is 15.6 Å². The third-order valence-corrected chi connectivity index (χ3v) is 6.97.